The lowest BCUT2D eigenvalue weighted by atomic mass is 10.3. The molecule has 0 unspecified atom stereocenters. The molecule has 1 atom stereocenters. The van der Waals surface area contributed by atoms with Gasteiger partial charge in [0.15, 0.2) is 0 Å². The van der Waals surface area contributed by atoms with Crippen LogP contribution in [0.5, 0.6) is 0 Å². The number of hydrogen-bond acceptors (Lipinski definition) is 4. The predicted octanol–water partition coefficient (Wildman–Crippen LogP) is 2.63. The Hall–Kier alpha value is -2.70. The number of benzene rings is 1. The number of nitrogens with zero attached hydrogens (tertiary/aromatic N) is 3. The van der Waals surface area contributed by atoms with Crippen LogP contribution in [0.15, 0.2) is 30.3 Å². The lowest BCUT2D eigenvalue weighted by Crippen LogP contribution is -2.40. The van der Waals surface area contributed by atoms with Crippen molar-refractivity contribution in [1.29, 1.82) is 0 Å². The van der Waals surface area contributed by atoms with E-state index in [0.717, 1.165) is 24.4 Å². The summed E-state index contributed by atoms with van der Waals surface area (Å²) in [5.41, 5.74) is 2.42. The molecule has 1 aliphatic heterocycles. The van der Waals surface area contributed by atoms with E-state index < -0.39 is 0 Å². The third-order valence-electron chi connectivity index (χ3n) is 3.88. The van der Waals surface area contributed by atoms with Crippen LogP contribution in [-0.2, 0) is 0 Å². The van der Waals surface area contributed by atoms with Crippen LogP contribution in [0, 0.1) is 19.7 Å². The molecule has 1 aromatic heterocycles. The molecule has 1 fully saturated rings. The summed E-state index contributed by atoms with van der Waals surface area (Å²) in [7, 11) is 0. The van der Waals surface area contributed by atoms with E-state index >= 15 is 0 Å². The molecule has 0 spiro atoms. The van der Waals surface area contributed by atoms with Gasteiger partial charge in [0.05, 0.1) is 0 Å². The standard InChI is InChI=1S/C17H20FN5O/c1-11-9-12(2)20-16(19-11)23-8-7-15(10-23)22-17(24)21-14-5-3-13(18)4-6-14/h3-6,9,15H,7-8,10H2,1-2H3,(H2,21,22,24)/t15-/m0/s1. The molecule has 3 rings (SSSR count). The molecule has 24 heavy (non-hydrogen) atoms. The van der Waals surface area contributed by atoms with E-state index in [-0.39, 0.29) is 17.9 Å². The summed E-state index contributed by atoms with van der Waals surface area (Å²) in [5.74, 6) is 0.372. The fourth-order valence-electron chi connectivity index (χ4n) is 2.79. The van der Waals surface area contributed by atoms with Gasteiger partial charge >= 0.3 is 6.03 Å². The summed E-state index contributed by atoms with van der Waals surface area (Å²) in [5, 5.41) is 5.63. The number of halogens is 1. The minimum atomic E-state index is -0.333. The number of aryl methyl sites for hydroxylation is 2. The second kappa shape index (κ2) is 6.82. The molecule has 126 valence electrons. The third-order valence-corrected chi connectivity index (χ3v) is 3.88. The monoisotopic (exact) mass is 329 g/mol. The largest absolute Gasteiger partial charge is 0.339 e. The first-order valence-electron chi connectivity index (χ1n) is 7.90. The van der Waals surface area contributed by atoms with Crippen molar-refractivity contribution in [3.8, 4) is 0 Å². The molecule has 2 amide bonds. The summed E-state index contributed by atoms with van der Waals surface area (Å²) in [6, 6.07) is 7.34. The Bertz CT molecular complexity index is 714. The second-order valence-electron chi connectivity index (χ2n) is 5.99. The average molecular weight is 329 g/mol. The van der Waals surface area contributed by atoms with Crippen LogP contribution in [-0.4, -0.2) is 35.1 Å². The highest BCUT2D eigenvalue weighted by atomic mass is 19.1. The van der Waals surface area contributed by atoms with Crippen LogP contribution in [0.1, 0.15) is 17.8 Å². The number of amides is 2. The van der Waals surface area contributed by atoms with E-state index in [1.165, 1.54) is 24.3 Å². The Morgan fingerprint density at radius 2 is 1.88 bits per heavy atom. The Balaban J connectivity index is 1.55. The molecule has 6 nitrogen and oxygen atoms in total. The minimum Gasteiger partial charge on any atom is -0.339 e. The van der Waals surface area contributed by atoms with E-state index in [2.05, 4.69) is 25.5 Å². The van der Waals surface area contributed by atoms with Crippen molar-refractivity contribution < 1.29 is 9.18 Å². The van der Waals surface area contributed by atoms with E-state index in [1.807, 2.05) is 19.9 Å². The van der Waals surface area contributed by atoms with Gasteiger partial charge in [-0.15, -0.1) is 0 Å². The second-order valence-corrected chi connectivity index (χ2v) is 5.99. The van der Waals surface area contributed by atoms with Crippen LogP contribution in [0.4, 0.5) is 20.8 Å². The number of nitrogens with one attached hydrogen (secondary N) is 2. The van der Waals surface area contributed by atoms with Gasteiger partial charge in [-0.2, -0.15) is 0 Å². The summed E-state index contributed by atoms with van der Waals surface area (Å²) >= 11 is 0. The van der Waals surface area contributed by atoms with Crippen LogP contribution >= 0.6 is 0 Å². The van der Waals surface area contributed by atoms with Gasteiger partial charge in [0.1, 0.15) is 5.82 Å². The molecule has 2 N–H and O–H groups in total. The SMILES string of the molecule is Cc1cc(C)nc(N2CC[C@H](NC(=O)Nc3ccc(F)cc3)C2)n1. The summed E-state index contributed by atoms with van der Waals surface area (Å²) < 4.78 is 12.9. The first-order chi connectivity index (χ1) is 11.5. The fourth-order valence-corrected chi connectivity index (χ4v) is 2.79. The van der Waals surface area contributed by atoms with Gasteiger partial charge in [-0.1, -0.05) is 0 Å². The highest BCUT2D eigenvalue weighted by molar-refractivity contribution is 5.89. The quantitative estimate of drug-likeness (QED) is 0.908. The van der Waals surface area contributed by atoms with Crippen molar-refractivity contribution >= 4 is 17.7 Å². The van der Waals surface area contributed by atoms with Crippen molar-refractivity contribution in [3.63, 3.8) is 0 Å². The first kappa shape index (κ1) is 16.2. The number of carbonyl (C=O) groups excluding carboxylic acids is 1. The molecular weight excluding hydrogens is 309 g/mol. The van der Waals surface area contributed by atoms with Crippen molar-refractivity contribution in [2.75, 3.05) is 23.3 Å². The zero-order chi connectivity index (χ0) is 17.1. The number of hydrogen-bond donors (Lipinski definition) is 2. The number of aromatic nitrogens is 2. The molecule has 2 aromatic rings. The Morgan fingerprint density at radius 3 is 2.54 bits per heavy atom. The van der Waals surface area contributed by atoms with Crippen molar-refractivity contribution in [2.24, 2.45) is 0 Å². The zero-order valence-electron chi connectivity index (χ0n) is 13.7. The topological polar surface area (TPSA) is 70.2 Å². The maximum Gasteiger partial charge on any atom is 0.319 e. The smallest absolute Gasteiger partial charge is 0.319 e. The molecule has 1 aliphatic rings. The summed E-state index contributed by atoms with van der Waals surface area (Å²) in [4.78, 5) is 23.0. The Morgan fingerprint density at radius 1 is 1.21 bits per heavy atom. The van der Waals surface area contributed by atoms with Crippen LogP contribution in [0.25, 0.3) is 0 Å². The Labute approximate surface area is 140 Å². The minimum absolute atomic E-state index is 0.0230. The molecule has 0 saturated carbocycles. The third kappa shape index (κ3) is 3.98. The average Bonchev–Trinajstić information content (AvgIpc) is 2.97. The number of rotatable bonds is 3. The lowest BCUT2D eigenvalue weighted by molar-refractivity contribution is 0.249. The van der Waals surface area contributed by atoms with Gasteiger partial charge in [0.2, 0.25) is 5.95 Å². The van der Waals surface area contributed by atoms with Gasteiger partial charge in [-0.3, -0.25) is 0 Å². The van der Waals surface area contributed by atoms with Crippen molar-refractivity contribution in [1.82, 2.24) is 15.3 Å². The van der Waals surface area contributed by atoms with Crippen molar-refractivity contribution in [2.45, 2.75) is 26.3 Å². The molecule has 7 heteroatoms. The molecule has 0 bridgehead atoms. The van der Waals surface area contributed by atoms with Gasteiger partial charge in [0, 0.05) is 36.2 Å². The van der Waals surface area contributed by atoms with Crippen LogP contribution < -0.4 is 15.5 Å². The van der Waals surface area contributed by atoms with Crippen molar-refractivity contribution in [3.05, 3.63) is 47.5 Å². The van der Waals surface area contributed by atoms with E-state index in [9.17, 15) is 9.18 Å². The highest BCUT2D eigenvalue weighted by Crippen LogP contribution is 2.17. The highest BCUT2D eigenvalue weighted by Gasteiger charge is 2.25. The molecule has 0 aliphatic carbocycles. The van der Waals surface area contributed by atoms with Crippen LogP contribution in [0.3, 0.4) is 0 Å². The molecule has 1 saturated heterocycles. The summed E-state index contributed by atoms with van der Waals surface area (Å²) in [6.07, 6.45) is 0.827. The molecule has 0 radical (unpaired) electrons. The van der Waals surface area contributed by atoms with Crippen LogP contribution in [0.2, 0.25) is 0 Å². The molecular formula is C17H20FN5O. The maximum atomic E-state index is 12.9. The maximum absolute atomic E-state index is 12.9. The van der Waals surface area contributed by atoms with Gasteiger partial charge in [-0.05, 0) is 50.6 Å². The predicted molar refractivity (Wildman–Crippen MR) is 90.7 cm³/mol. The van der Waals surface area contributed by atoms with Gasteiger partial charge in [-0.25, -0.2) is 19.2 Å². The zero-order valence-corrected chi connectivity index (χ0v) is 13.7. The van der Waals surface area contributed by atoms with Gasteiger partial charge < -0.3 is 15.5 Å². The number of anilines is 2. The van der Waals surface area contributed by atoms with E-state index in [4.69, 9.17) is 0 Å². The van der Waals surface area contributed by atoms with Gasteiger partial charge in [0.25, 0.3) is 0 Å². The van der Waals surface area contributed by atoms with E-state index in [0.29, 0.717) is 18.2 Å². The first-order valence-corrected chi connectivity index (χ1v) is 7.90. The van der Waals surface area contributed by atoms with E-state index in [1.54, 1.807) is 0 Å². The normalized spacial score (nSPS) is 17.0. The number of urea groups is 1. The molecule has 2 heterocycles. The molecule has 1 aromatic carbocycles. The Kier molecular flexibility index (Phi) is 4.59. The lowest BCUT2D eigenvalue weighted by Gasteiger charge is -2.18. The number of carbonyl (C=O) groups is 1. The summed E-state index contributed by atoms with van der Waals surface area (Å²) in [6.45, 7) is 5.35. The fraction of sp³-hybridized carbons (Fsp3) is 0.353.